The molecule has 0 bridgehead atoms. The molecule has 0 saturated carbocycles. The van der Waals surface area contributed by atoms with E-state index in [2.05, 4.69) is 10.8 Å². The second kappa shape index (κ2) is 8.80. The van der Waals surface area contributed by atoms with E-state index in [0.29, 0.717) is 17.7 Å². The lowest BCUT2D eigenvalue weighted by Crippen LogP contribution is -2.33. The van der Waals surface area contributed by atoms with Crippen molar-refractivity contribution in [3.63, 3.8) is 0 Å². The first-order chi connectivity index (χ1) is 12.8. The summed E-state index contributed by atoms with van der Waals surface area (Å²) in [4.78, 5) is 14.7. The number of nitrogens with zero attached hydrogens (tertiary/aromatic N) is 2. The number of amides is 1. The third-order valence-electron chi connectivity index (χ3n) is 4.32. The molecule has 0 radical (unpaired) electrons. The van der Waals surface area contributed by atoms with Crippen LogP contribution in [0.2, 0.25) is 0 Å². The molecule has 0 heterocycles. The molecule has 0 aliphatic heterocycles. The summed E-state index contributed by atoms with van der Waals surface area (Å²) in [5.41, 5.74) is 1.78. The van der Waals surface area contributed by atoms with E-state index < -0.39 is 10.0 Å². The second-order valence-electron chi connectivity index (χ2n) is 6.03. The first-order valence-corrected chi connectivity index (χ1v) is 10.2. The van der Waals surface area contributed by atoms with Crippen LogP contribution in [0.4, 0.5) is 0 Å². The predicted octanol–water partition coefficient (Wildman–Crippen LogP) is 3.08. The monoisotopic (exact) mass is 385 g/mol. The lowest BCUT2D eigenvalue weighted by Gasteiger charge is -2.28. The molecular formula is C20H23N3O3S. The van der Waals surface area contributed by atoms with E-state index in [1.807, 2.05) is 26.0 Å². The standard InChI is InChI=1S/C20H23N3O3S/c1-4-22-27(25,26)19-8-6-7-18(13-19)20(24)23(5-2)15(3)17-11-9-16(14-21)10-12-17/h6-13,15,22H,4-5H2,1-3H3. The molecule has 0 aliphatic rings. The smallest absolute Gasteiger partial charge is 0.254 e. The minimum Gasteiger partial charge on any atom is -0.332 e. The highest BCUT2D eigenvalue weighted by molar-refractivity contribution is 7.89. The van der Waals surface area contributed by atoms with E-state index in [0.717, 1.165) is 5.56 Å². The van der Waals surface area contributed by atoms with Crippen LogP contribution < -0.4 is 4.72 Å². The molecule has 0 spiro atoms. The normalized spacial score (nSPS) is 12.2. The van der Waals surface area contributed by atoms with Gasteiger partial charge in [0.2, 0.25) is 10.0 Å². The van der Waals surface area contributed by atoms with Gasteiger partial charge in [0, 0.05) is 18.7 Å². The molecule has 0 aromatic heterocycles. The van der Waals surface area contributed by atoms with Crippen molar-refractivity contribution < 1.29 is 13.2 Å². The van der Waals surface area contributed by atoms with Gasteiger partial charge in [-0.1, -0.05) is 25.1 Å². The number of sulfonamides is 1. The summed E-state index contributed by atoms with van der Waals surface area (Å²) in [6.07, 6.45) is 0. The number of nitriles is 1. The Kier molecular flexibility index (Phi) is 6.72. The van der Waals surface area contributed by atoms with Crippen LogP contribution in [0, 0.1) is 11.3 Å². The quantitative estimate of drug-likeness (QED) is 0.793. The lowest BCUT2D eigenvalue weighted by atomic mass is 10.0. The Balaban J connectivity index is 2.32. The maximum atomic E-state index is 13.0. The van der Waals surface area contributed by atoms with Gasteiger partial charge in [-0.15, -0.1) is 0 Å². The Bertz CT molecular complexity index is 947. The summed E-state index contributed by atoms with van der Waals surface area (Å²) < 4.78 is 26.8. The van der Waals surface area contributed by atoms with Crippen LogP contribution in [-0.2, 0) is 10.0 Å². The molecule has 6 nitrogen and oxygen atoms in total. The van der Waals surface area contributed by atoms with Gasteiger partial charge in [0.1, 0.15) is 0 Å². The van der Waals surface area contributed by atoms with Crippen molar-refractivity contribution in [1.29, 1.82) is 5.26 Å². The van der Waals surface area contributed by atoms with Crippen molar-refractivity contribution >= 4 is 15.9 Å². The SMILES string of the molecule is CCNS(=O)(=O)c1cccc(C(=O)N(CC)C(C)c2ccc(C#N)cc2)c1. The summed E-state index contributed by atoms with van der Waals surface area (Å²) in [6, 6.07) is 15.0. The maximum absolute atomic E-state index is 13.0. The van der Waals surface area contributed by atoms with Crippen molar-refractivity contribution in [2.45, 2.75) is 31.7 Å². The third kappa shape index (κ3) is 4.73. The van der Waals surface area contributed by atoms with Gasteiger partial charge in [-0.2, -0.15) is 5.26 Å². The number of benzene rings is 2. The third-order valence-corrected chi connectivity index (χ3v) is 5.86. The van der Waals surface area contributed by atoms with Crippen molar-refractivity contribution in [2.24, 2.45) is 0 Å². The molecule has 7 heteroatoms. The van der Waals surface area contributed by atoms with Gasteiger partial charge in [0.25, 0.3) is 5.91 Å². The average Bonchev–Trinajstić information content (AvgIpc) is 2.68. The fraction of sp³-hybridized carbons (Fsp3) is 0.300. The number of carbonyl (C=O) groups excluding carboxylic acids is 1. The molecule has 2 aromatic carbocycles. The number of rotatable bonds is 7. The fourth-order valence-corrected chi connectivity index (χ4v) is 3.93. The van der Waals surface area contributed by atoms with Gasteiger partial charge < -0.3 is 4.90 Å². The highest BCUT2D eigenvalue weighted by atomic mass is 32.2. The zero-order valence-electron chi connectivity index (χ0n) is 15.6. The molecule has 0 fully saturated rings. The second-order valence-corrected chi connectivity index (χ2v) is 7.80. The minimum absolute atomic E-state index is 0.0669. The maximum Gasteiger partial charge on any atom is 0.254 e. The summed E-state index contributed by atoms with van der Waals surface area (Å²) in [5.74, 6) is -0.247. The van der Waals surface area contributed by atoms with Crippen molar-refractivity contribution in [2.75, 3.05) is 13.1 Å². The molecule has 1 amide bonds. The van der Waals surface area contributed by atoms with E-state index in [1.165, 1.54) is 12.1 Å². The van der Waals surface area contributed by atoms with Gasteiger partial charge in [0.05, 0.1) is 22.6 Å². The van der Waals surface area contributed by atoms with Gasteiger partial charge in [0.15, 0.2) is 0 Å². The number of hydrogen-bond acceptors (Lipinski definition) is 4. The molecule has 1 atom stereocenters. The topological polar surface area (TPSA) is 90.3 Å². The summed E-state index contributed by atoms with van der Waals surface area (Å²) in [6.45, 7) is 6.21. The Morgan fingerprint density at radius 3 is 2.41 bits per heavy atom. The number of hydrogen-bond donors (Lipinski definition) is 1. The lowest BCUT2D eigenvalue weighted by molar-refractivity contribution is 0.0702. The summed E-state index contributed by atoms with van der Waals surface area (Å²) in [5, 5.41) is 8.92. The molecule has 27 heavy (non-hydrogen) atoms. The van der Waals surface area contributed by atoms with Crippen LogP contribution in [0.15, 0.2) is 53.4 Å². The molecule has 2 rings (SSSR count). The first kappa shape index (κ1) is 20.6. The van der Waals surface area contributed by atoms with Crippen LogP contribution in [0.25, 0.3) is 0 Å². The van der Waals surface area contributed by atoms with Crippen LogP contribution in [0.5, 0.6) is 0 Å². The predicted molar refractivity (Wildman–Crippen MR) is 104 cm³/mol. The van der Waals surface area contributed by atoms with E-state index in [1.54, 1.807) is 36.1 Å². The zero-order valence-corrected chi connectivity index (χ0v) is 16.5. The highest BCUT2D eigenvalue weighted by Gasteiger charge is 2.23. The Hall–Kier alpha value is -2.69. The largest absolute Gasteiger partial charge is 0.332 e. The van der Waals surface area contributed by atoms with Crippen LogP contribution in [-0.4, -0.2) is 32.3 Å². The van der Waals surface area contributed by atoms with Crippen molar-refractivity contribution in [3.8, 4) is 6.07 Å². The van der Waals surface area contributed by atoms with E-state index in [-0.39, 0.29) is 23.4 Å². The van der Waals surface area contributed by atoms with Gasteiger partial charge in [-0.3, -0.25) is 4.79 Å². The number of nitrogens with one attached hydrogen (secondary N) is 1. The van der Waals surface area contributed by atoms with E-state index in [4.69, 9.17) is 5.26 Å². The van der Waals surface area contributed by atoms with Crippen LogP contribution in [0.3, 0.4) is 0 Å². The zero-order chi connectivity index (χ0) is 20.0. The van der Waals surface area contributed by atoms with Gasteiger partial charge >= 0.3 is 0 Å². The molecular weight excluding hydrogens is 362 g/mol. The van der Waals surface area contributed by atoms with Gasteiger partial charge in [-0.25, -0.2) is 13.1 Å². The van der Waals surface area contributed by atoms with E-state index >= 15 is 0 Å². The van der Waals surface area contributed by atoms with Crippen LogP contribution >= 0.6 is 0 Å². The number of carbonyl (C=O) groups is 1. The highest BCUT2D eigenvalue weighted by Crippen LogP contribution is 2.23. The molecule has 2 aromatic rings. The molecule has 0 aliphatic carbocycles. The Labute approximate surface area is 160 Å². The fourth-order valence-electron chi connectivity index (χ4n) is 2.84. The van der Waals surface area contributed by atoms with Crippen LogP contribution in [0.1, 0.15) is 48.3 Å². The van der Waals surface area contributed by atoms with Crippen molar-refractivity contribution in [1.82, 2.24) is 9.62 Å². The first-order valence-electron chi connectivity index (χ1n) is 8.74. The minimum atomic E-state index is -3.63. The Morgan fingerprint density at radius 1 is 1.19 bits per heavy atom. The summed E-state index contributed by atoms with van der Waals surface area (Å²) >= 11 is 0. The molecule has 1 unspecified atom stereocenters. The van der Waals surface area contributed by atoms with E-state index in [9.17, 15) is 13.2 Å². The Morgan fingerprint density at radius 2 is 1.85 bits per heavy atom. The molecule has 142 valence electrons. The molecule has 0 saturated heterocycles. The van der Waals surface area contributed by atoms with Crippen molar-refractivity contribution in [3.05, 3.63) is 65.2 Å². The molecule has 1 N–H and O–H groups in total. The summed E-state index contributed by atoms with van der Waals surface area (Å²) in [7, 11) is -3.63. The average molecular weight is 385 g/mol. The van der Waals surface area contributed by atoms with Gasteiger partial charge in [-0.05, 0) is 49.7 Å².